The number of benzene rings is 1. The van der Waals surface area contributed by atoms with E-state index in [1.54, 1.807) is 25.1 Å². The third kappa shape index (κ3) is 2.52. The van der Waals surface area contributed by atoms with Gasteiger partial charge in [0, 0.05) is 0 Å². The second-order valence-corrected chi connectivity index (χ2v) is 7.96. The van der Waals surface area contributed by atoms with Crippen molar-refractivity contribution in [3.05, 3.63) is 34.9 Å². The lowest BCUT2D eigenvalue weighted by atomic mass is 9.54. The quantitative estimate of drug-likeness (QED) is 0.790. The number of ether oxygens (including phenoxy) is 2. The molecule has 0 amide bonds. The van der Waals surface area contributed by atoms with Gasteiger partial charge < -0.3 is 9.47 Å². The zero-order valence-electron chi connectivity index (χ0n) is 14.3. The Morgan fingerprint density at radius 3 is 1.96 bits per heavy atom. The first-order valence-electron chi connectivity index (χ1n) is 8.91. The van der Waals surface area contributed by atoms with Crippen LogP contribution in [0.25, 0.3) is 0 Å². The first-order valence-corrected chi connectivity index (χ1v) is 8.91. The summed E-state index contributed by atoms with van der Waals surface area (Å²) in [5.74, 6) is 1.47. The van der Waals surface area contributed by atoms with E-state index in [9.17, 15) is 9.59 Å². The molecule has 4 heteroatoms. The fourth-order valence-corrected chi connectivity index (χ4v) is 5.60. The Balaban J connectivity index is 1.58. The molecule has 0 spiro atoms. The second kappa shape index (κ2) is 5.61. The molecule has 1 aromatic rings. The average molecular weight is 328 g/mol. The fraction of sp³-hybridized carbons (Fsp3) is 0.600. The predicted molar refractivity (Wildman–Crippen MR) is 88.8 cm³/mol. The molecule has 0 aliphatic heterocycles. The zero-order chi connectivity index (χ0) is 16.9. The fourth-order valence-electron chi connectivity index (χ4n) is 5.60. The SMILES string of the molecule is COC(=O)c1cccc(C(=O)OC23CC4CC(CC(C4)C2)C3)c1C. The van der Waals surface area contributed by atoms with E-state index in [4.69, 9.17) is 9.47 Å². The van der Waals surface area contributed by atoms with E-state index < -0.39 is 5.97 Å². The van der Waals surface area contributed by atoms with Gasteiger partial charge in [0.1, 0.15) is 5.60 Å². The highest BCUT2D eigenvalue weighted by Gasteiger charge is 2.53. The van der Waals surface area contributed by atoms with Crippen molar-refractivity contribution in [3.63, 3.8) is 0 Å². The van der Waals surface area contributed by atoms with Crippen LogP contribution in [0, 0.1) is 24.7 Å². The van der Waals surface area contributed by atoms with Crippen molar-refractivity contribution in [2.45, 2.75) is 51.0 Å². The largest absolute Gasteiger partial charge is 0.465 e. The molecule has 0 unspecified atom stereocenters. The van der Waals surface area contributed by atoms with Gasteiger partial charge in [0.05, 0.1) is 18.2 Å². The molecule has 0 heterocycles. The zero-order valence-corrected chi connectivity index (χ0v) is 14.3. The molecule has 4 aliphatic rings. The van der Waals surface area contributed by atoms with Crippen molar-refractivity contribution in [1.82, 2.24) is 0 Å². The van der Waals surface area contributed by atoms with Gasteiger partial charge in [0.2, 0.25) is 0 Å². The number of carbonyl (C=O) groups excluding carboxylic acids is 2. The molecule has 4 bridgehead atoms. The second-order valence-electron chi connectivity index (χ2n) is 7.96. The number of methoxy groups -OCH3 is 1. The van der Waals surface area contributed by atoms with Gasteiger partial charge in [-0.05, 0) is 80.9 Å². The number of esters is 2. The molecule has 24 heavy (non-hydrogen) atoms. The maximum absolute atomic E-state index is 12.8. The van der Waals surface area contributed by atoms with Gasteiger partial charge in [-0.2, -0.15) is 0 Å². The van der Waals surface area contributed by atoms with Crippen molar-refractivity contribution >= 4 is 11.9 Å². The van der Waals surface area contributed by atoms with Crippen LogP contribution in [0.15, 0.2) is 18.2 Å². The summed E-state index contributed by atoms with van der Waals surface area (Å²) >= 11 is 0. The number of hydrogen-bond acceptors (Lipinski definition) is 4. The van der Waals surface area contributed by atoms with E-state index in [0.29, 0.717) is 16.7 Å². The normalized spacial score (nSPS) is 33.3. The smallest absolute Gasteiger partial charge is 0.338 e. The van der Waals surface area contributed by atoms with E-state index >= 15 is 0 Å². The van der Waals surface area contributed by atoms with Crippen LogP contribution in [0.4, 0.5) is 0 Å². The molecule has 0 atom stereocenters. The van der Waals surface area contributed by atoms with Crippen molar-refractivity contribution in [3.8, 4) is 0 Å². The lowest BCUT2D eigenvalue weighted by molar-refractivity contribution is -0.131. The Morgan fingerprint density at radius 1 is 0.958 bits per heavy atom. The predicted octanol–water partition coefficient (Wildman–Crippen LogP) is 3.91. The Bertz CT molecular complexity index is 656. The third-order valence-corrected chi connectivity index (χ3v) is 6.25. The van der Waals surface area contributed by atoms with Crippen LogP contribution in [0.2, 0.25) is 0 Å². The third-order valence-electron chi connectivity index (χ3n) is 6.25. The van der Waals surface area contributed by atoms with E-state index in [1.807, 2.05) is 0 Å². The van der Waals surface area contributed by atoms with Gasteiger partial charge >= 0.3 is 11.9 Å². The van der Waals surface area contributed by atoms with Gasteiger partial charge in [-0.25, -0.2) is 9.59 Å². The van der Waals surface area contributed by atoms with Crippen LogP contribution in [0.3, 0.4) is 0 Å². The van der Waals surface area contributed by atoms with Crippen molar-refractivity contribution in [2.75, 3.05) is 7.11 Å². The molecule has 128 valence electrons. The van der Waals surface area contributed by atoms with E-state index in [2.05, 4.69) is 0 Å². The Morgan fingerprint density at radius 2 is 1.46 bits per heavy atom. The number of rotatable bonds is 3. The van der Waals surface area contributed by atoms with E-state index in [-0.39, 0.29) is 11.6 Å². The summed E-state index contributed by atoms with van der Waals surface area (Å²) in [4.78, 5) is 24.7. The maximum Gasteiger partial charge on any atom is 0.338 e. The standard InChI is InChI=1S/C20H24O4/c1-12-16(18(21)23-2)4-3-5-17(12)19(22)24-20-9-13-6-14(10-20)8-15(7-13)11-20/h3-5,13-15H,6-11H2,1-2H3. The van der Waals surface area contributed by atoms with Crippen LogP contribution >= 0.6 is 0 Å². The summed E-state index contributed by atoms with van der Waals surface area (Å²) in [7, 11) is 1.35. The highest BCUT2D eigenvalue weighted by Crippen LogP contribution is 2.57. The molecule has 4 aliphatic carbocycles. The van der Waals surface area contributed by atoms with Crippen LogP contribution in [0.1, 0.15) is 64.8 Å². The lowest BCUT2D eigenvalue weighted by Crippen LogP contribution is -2.52. The van der Waals surface area contributed by atoms with Gasteiger partial charge in [0.15, 0.2) is 0 Å². The molecular formula is C20H24O4. The topological polar surface area (TPSA) is 52.6 Å². The van der Waals surface area contributed by atoms with Crippen LogP contribution < -0.4 is 0 Å². The van der Waals surface area contributed by atoms with Crippen molar-refractivity contribution in [2.24, 2.45) is 17.8 Å². The monoisotopic (exact) mass is 328 g/mol. The first kappa shape index (κ1) is 15.7. The molecule has 0 radical (unpaired) electrons. The Hall–Kier alpha value is -1.84. The molecule has 5 rings (SSSR count). The number of hydrogen-bond donors (Lipinski definition) is 0. The van der Waals surface area contributed by atoms with E-state index in [1.165, 1.54) is 26.4 Å². The highest BCUT2D eigenvalue weighted by molar-refractivity contribution is 5.98. The number of carbonyl (C=O) groups is 2. The Labute approximate surface area is 142 Å². The molecule has 1 aromatic carbocycles. The average Bonchev–Trinajstić information content (AvgIpc) is 2.52. The van der Waals surface area contributed by atoms with Crippen LogP contribution in [0.5, 0.6) is 0 Å². The van der Waals surface area contributed by atoms with E-state index in [0.717, 1.165) is 37.0 Å². The summed E-state index contributed by atoms with van der Waals surface area (Å²) in [5, 5.41) is 0. The Kier molecular flexibility index (Phi) is 3.66. The molecule has 4 saturated carbocycles. The molecule has 0 N–H and O–H groups in total. The van der Waals surface area contributed by atoms with Gasteiger partial charge in [-0.3, -0.25) is 0 Å². The molecule has 4 fully saturated rings. The minimum Gasteiger partial charge on any atom is -0.465 e. The molecule has 0 saturated heterocycles. The minimum atomic E-state index is -0.419. The highest BCUT2D eigenvalue weighted by atomic mass is 16.6. The molecular weight excluding hydrogens is 304 g/mol. The van der Waals surface area contributed by atoms with Gasteiger partial charge in [0.25, 0.3) is 0 Å². The van der Waals surface area contributed by atoms with Crippen LogP contribution in [-0.2, 0) is 9.47 Å². The summed E-state index contributed by atoms with van der Waals surface area (Å²) in [6.07, 6.45) is 6.98. The summed E-state index contributed by atoms with van der Waals surface area (Å²) in [5.41, 5.74) is 1.28. The maximum atomic E-state index is 12.8. The minimum absolute atomic E-state index is 0.264. The van der Waals surface area contributed by atoms with Crippen molar-refractivity contribution in [1.29, 1.82) is 0 Å². The molecule has 0 aromatic heterocycles. The lowest BCUT2D eigenvalue weighted by Gasteiger charge is -2.55. The van der Waals surface area contributed by atoms with Crippen molar-refractivity contribution < 1.29 is 19.1 Å². The summed E-state index contributed by atoms with van der Waals surface area (Å²) in [6, 6.07) is 5.14. The van der Waals surface area contributed by atoms with Crippen LogP contribution in [-0.4, -0.2) is 24.6 Å². The van der Waals surface area contributed by atoms with Gasteiger partial charge in [-0.1, -0.05) is 6.07 Å². The summed E-state index contributed by atoms with van der Waals surface area (Å²) < 4.78 is 10.9. The summed E-state index contributed by atoms with van der Waals surface area (Å²) in [6.45, 7) is 1.78. The van der Waals surface area contributed by atoms with Gasteiger partial charge in [-0.15, -0.1) is 0 Å². The first-order chi connectivity index (χ1) is 11.5. The molecule has 4 nitrogen and oxygen atoms in total.